The number of hydrogen-bond acceptors (Lipinski definition) is 3. The topological polar surface area (TPSA) is 64.4 Å². The molecule has 0 radical (unpaired) electrons. The lowest BCUT2D eigenvalue weighted by Gasteiger charge is -2.20. The summed E-state index contributed by atoms with van der Waals surface area (Å²) in [5, 5.41) is 2.50. The van der Waals surface area contributed by atoms with Gasteiger partial charge in [0.15, 0.2) is 0 Å². The minimum Gasteiger partial charge on any atom is -0.379 e. The van der Waals surface area contributed by atoms with Crippen molar-refractivity contribution in [3.05, 3.63) is 35.4 Å². The largest absolute Gasteiger partial charge is 0.379 e. The molecule has 1 aliphatic heterocycles. The van der Waals surface area contributed by atoms with Gasteiger partial charge in [0.05, 0.1) is 6.61 Å². The molecular weight excluding hydrogens is 242 g/mol. The van der Waals surface area contributed by atoms with Gasteiger partial charge in [-0.15, -0.1) is 0 Å². The normalized spacial score (nSPS) is 23.1. The number of carbonyl (C=O) groups is 1. The third-order valence-electron chi connectivity index (χ3n) is 2.95. The van der Waals surface area contributed by atoms with Gasteiger partial charge in [-0.05, 0) is 24.6 Å². The lowest BCUT2D eigenvalue weighted by atomic mass is 9.99. The van der Waals surface area contributed by atoms with E-state index < -0.39 is 23.1 Å². The van der Waals surface area contributed by atoms with Crippen molar-refractivity contribution >= 4 is 5.91 Å². The van der Waals surface area contributed by atoms with E-state index in [0.717, 1.165) is 18.2 Å². The van der Waals surface area contributed by atoms with Crippen LogP contribution < -0.4 is 11.1 Å². The van der Waals surface area contributed by atoms with E-state index in [2.05, 4.69) is 5.32 Å². The molecule has 1 fully saturated rings. The molecule has 1 amide bonds. The molecule has 98 valence electrons. The van der Waals surface area contributed by atoms with Crippen molar-refractivity contribution in [2.45, 2.75) is 18.5 Å². The van der Waals surface area contributed by atoms with Gasteiger partial charge >= 0.3 is 0 Å². The molecule has 1 atom stereocenters. The molecule has 1 saturated heterocycles. The number of nitrogens with one attached hydrogen (secondary N) is 1. The number of ether oxygens (including phenoxy) is 1. The van der Waals surface area contributed by atoms with Crippen LogP contribution in [-0.4, -0.2) is 24.7 Å². The highest BCUT2D eigenvalue weighted by Gasteiger charge is 2.38. The standard InChI is InChI=1S/C12H14F2N2O2/c13-9-1-2-10(14)8(5-9)6-16-11(17)12(15)3-4-18-7-12/h1-2,5H,3-4,6-7,15H2,(H,16,17). The first-order valence-corrected chi connectivity index (χ1v) is 5.60. The summed E-state index contributed by atoms with van der Waals surface area (Å²) in [6.07, 6.45) is 0.421. The summed E-state index contributed by atoms with van der Waals surface area (Å²) in [5.41, 5.74) is 4.85. The van der Waals surface area contributed by atoms with E-state index in [1.54, 1.807) is 0 Å². The molecule has 3 N–H and O–H groups in total. The van der Waals surface area contributed by atoms with Crippen LogP contribution in [0, 0.1) is 11.6 Å². The van der Waals surface area contributed by atoms with Gasteiger partial charge in [0.1, 0.15) is 17.2 Å². The summed E-state index contributed by atoms with van der Waals surface area (Å²) in [6, 6.07) is 3.09. The van der Waals surface area contributed by atoms with E-state index in [1.165, 1.54) is 0 Å². The molecule has 1 aromatic carbocycles. The summed E-state index contributed by atoms with van der Waals surface area (Å²) >= 11 is 0. The van der Waals surface area contributed by atoms with Gasteiger partial charge in [0, 0.05) is 18.7 Å². The molecule has 6 heteroatoms. The Morgan fingerprint density at radius 3 is 2.94 bits per heavy atom. The van der Waals surface area contributed by atoms with Crippen LogP contribution in [0.15, 0.2) is 18.2 Å². The molecular formula is C12H14F2N2O2. The number of carbonyl (C=O) groups excluding carboxylic acids is 1. The third kappa shape index (κ3) is 2.65. The smallest absolute Gasteiger partial charge is 0.242 e. The number of rotatable bonds is 3. The minimum absolute atomic E-state index is 0.0888. The van der Waals surface area contributed by atoms with Crippen LogP contribution in [0.5, 0.6) is 0 Å². The molecule has 1 aromatic rings. The first-order chi connectivity index (χ1) is 8.51. The highest BCUT2D eigenvalue weighted by atomic mass is 19.1. The Kier molecular flexibility index (Phi) is 3.58. The predicted octanol–water partition coefficient (Wildman–Crippen LogP) is 0.699. The Morgan fingerprint density at radius 2 is 2.28 bits per heavy atom. The molecule has 1 aliphatic rings. The van der Waals surface area contributed by atoms with Gasteiger partial charge < -0.3 is 15.8 Å². The summed E-state index contributed by atoms with van der Waals surface area (Å²) in [6.45, 7) is 0.476. The number of amides is 1. The van der Waals surface area contributed by atoms with Crippen molar-refractivity contribution in [1.29, 1.82) is 0 Å². The average Bonchev–Trinajstić information content (AvgIpc) is 2.78. The third-order valence-corrected chi connectivity index (χ3v) is 2.95. The number of hydrogen-bond donors (Lipinski definition) is 2. The highest BCUT2D eigenvalue weighted by molar-refractivity contribution is 5.86. The molecule has 0 aromatic heterocycles. The summed E-state index contributed by atoms with van der Waals surface area (Å²) < 4.78 is 31.3. The van der Waals surface area contributed by atoms with Gasteiger partial charge in [-0.25, -0.2) is 8.78 Å². The van der Waals surface area contributed by atoms with Crippen molar-refractivity contribution in [2.24, 2.45) is 5.73 Å². The first-order valence-electron chi connectivity index (χ1n) is 5.60. The van der Waals surface area contributed by atoms with Crippen LogP contribution in [0.3, 0.4) is 0 Å². The summed E-state index contributed by atoms with van der Waals surface area (Å²) in [5.74, 6) is -1.53. The Balaban J connectivity index is 1.99. The van der Waals surface area contributed by atoms with E-state index in [1.807, 2.05) is 0 Å². The maximum atomic E-state index is 13.3. The van der Waals surface area contributed by atoms with E-state index in [4.69, 9.17) is 10.5 Å². The van der Waals surface area contributed by atoms with Crippen LogP contribution in [-0.2, 0) is 16.1 Å². The number of benzene rings is 1. The second kappa shape index (κ2) is 4.99. The van der Waals surface area contributed by atoms with Crippen LogP contribution in [0.4, 0.5) is 8.78 Å². The zero-order valence-electron chi connectivity index (χ0n) is 9.71. The molecule has 0 spiro atoms. The fraction of sp³-hybridized carbons (Fsp3) is 0.417. The monoisotopic (exact) mass is 256 g/mol. The van der Waals surface area contributed by atoms with E-state index in [-0.39, 0.29) is 18.7 Å². The molecule has 1 heterocycles. The summed E-state index contributed by atoms with van der Waals surface area (Å²) in [4.78, 5) is 11.8. The highest BCUT2D eigenvalue weighted by Crippen LogP contribution is 2.16. The van der Waals surface area contributed by atoms with Gasteiger partial charge in [-0.1, -0.05) is 0 Å². The zero-order chi connectivity index (χ0) is 13.2. The van der Waals surface area contributed by atoms with Gasteiger partial charge in [0.25, 0.3) is 0 Å². The van der Waals surface area contributed by atoms with E-state index >= 15 is 0 Å². The van der Waals surface area contributed by atoms with E-state index in [9.17, 15) is 13.6 Å². The van der Waals surface area contributed by atoms with Crippen molar-refractivity contribution in [3.63, 3.8) is 0 Å². The van der Waals surface area contributed by atoms with Crippen molar-refractivity contribution in [2.75, 3.05) is 13.2 Å². The van der Waals surface area contributed by atoms with Crippen molar-refractivity contribution < 1.29 is 18.3 Å². The Labute approximate surface area is 103 Å². The van der Waals surface area contributed by atoms with Crippen LogP contribution in [0.25, 0.3) is 0 Å². The SMILES string of the molecule is NC1(C(=O)NCc2cc(F)ccc2F)CCOC1. The molecule has 2 rings (SSSR count). The minimum atomic E-state index is -1.07. The second-order valence-corrected chi connectivity index (χ2v) is 4.38. The zero-order valence-corrected chi connectivity index (χ0v) is 9.71. The molecule has 0 saturated carbocycles. The average molecular weight is 256 g/mol. The number of nitrogens with two attached hydrogens (primary N) is 1. The Bertz CT molecular complexity index is 459. The molecule has 4 nitrogen and oxygen atoms in total. The quantitative estimate of drug-likeness (QED) is 0.836. The molecule has 0 bridgehead atoms. The van der Waals surface area contributed by atoms with Gasteiger partial charge in [-0.3, -0.25) is 4.79 Å². The van der Waals surface area contributed by atoms with Gasteiger partial charge in [0.2, 0.25) is 5.91 Å². The Morgan fingerprint density at radius 1 is 1.50 bits per heavy atom. The maximum absolute atomic E-state index is 13.3. The van der Waals surface area contributed by atoms with Crippen molar-refractivity contribution in [1.82, 2.24) is 5.32 Å². The summed E-state index contributed by atoms with van der Waals surface area (Å²) in [7, 11) is 0. The van der Waals surface area contributed by atoms with Crippen LogP contribution >= 0.6 is 0 Å². The molecule has 0 aliphatic carbocycles. The van der Waals surface area contributed by atoms with E-state index in [0.29, 0.717) is 13.0 Å². The fourth-order valence-corrected chi connectivity index (χ4v) is 1.79. The maximum Gasteiger partial charge on any atom is 0.242 e. The van der Waals surface area contributed by atoms with Crippen LogP contribution in [0.2, 0.25) is 0 Å². The fourth-order valence-electron chi connectivity index (χ4n) is 1.79. The lowest BCUT2D eigenvalue weighted by molar-refractivity contribution is -0.126. The first kappa shape index (κ1) is 12.9. The molecule has 18 heavy (non-hydrogen) atoms. The van der Waals surface area contributed by atoms with Crippen molar-refractivity contribution in [3.8, 4) is 0 Å². The number of halogens is 2. The lowest BCUT2D eigenvalue weighted by Crippen LogP contribution is -2.54. The predicted molar refractivity (Wildman–Crippen MR) is 60.6 cm³/mol. The second-order valence-electron chi connectivity index (χ2n) is 4.38. The molecule has 1 unspecified atom stereocenters. The Hall–Kier alpha value is -1.53. The van der Waals surface area contributed by atoms with Crippen LogP contribution in [0.1, 0.15) is 12.0 Å². The van der Waals surface area contributed by atoms with Gasteiger partial charge in [-0.2, -0.15) is 0 Å².